The summed E-state index contributed by atoms with van der Waals surface area (Å²) in [5.74, 6) is -0.430. The Hall–Kier alpha value is -1.96. The van der Waals surface area contributed by atoms with Gasteiger partial charge < -0.3 is 20.1 Å². The van der Waals surface area contributed by atoms with Gasteiger partial charge in [-0.3, -0.25) is 13.8 Å². The number of nitrogens with two attached hydrogens (primary N) is 1. The maximum atomic E-state index is 12.5. The Kier molecular flexibility index (Phi) is 40.7. The Morgan fingerprint density at radius 2 is 1.00 bits per heavy atom. The molecule has 0 aromatic carbocycles. The van der Waals surface area contributed by atoms with E-state index in [1.807, 2.05) is 18.2 Å². The van der Waals surface area contributed by atoms with E-state index in [9.17, 15) is 14.3 Å². The van der Waals surface area contributed by atoms with Crippen molar-refractivity contribution in [2.75, 3.05) is 26.4 Å². The SMILES string of the molecule is CCCCCC/C=C\C/C=C\C/C=C\C/C=C\CCC(=O)OC(CO/C=C/CCCCCCCCCCCCCCCCCC)COP(=O)(O)OCCN. The topological polar surface area (TPSA) is 117 Å². The van der Waals surface area contributed by atoms with E-state index >= 15 is 0 Å². The van der Waals surface area contributed by atoms with Crippen LogP contribution in [0.3, 0.4) is 0 Å². The van der Waals surface area contributed by atoms with Crippen molar-refractivity contribution in [2.24, 2.45) is 5.73 Å². The first-order valence-corrected chi connectivity index (χ1v) is 23.3. The number of hydrogen-bond donors (Lipinski definition) is 2. The standard InChI is InChI=1S/C45H82NO7P/c1-3-5-7-9-11-13-15-17-19-21-23-25-27-29-31-33-35-37-40-50-42-44(43-52-54(48,49)51-41-39-46)53-45(47)38-36-34-32-30-28-26-24-22-20-18-16-14-12-10-8-6-4-2/h14,16,20,22,26,28,32,34,37,40,44H,3-13,15,17-19,21,23-25,27,29-31,33,35-36,38-39,41-43,46H2,1-2H3,(H,48,49)/b16-14-,22-20-,28-26-,34-32-,40-37+. The van der Waals surface area contributed by atoms with Crippen LogP contribution in [0.4, 0.5) is 0 Å². The predicted molar refractivity (Wildman–Crippen MR) is 228 cm³/mol. The van der Waals surface area contributed by atoms with Crippen molar-refractivity contribution in [1.29, 1.82) is 0 Å². The molecule has 0 saturated carbocycles. The molecule has 0 rings (SSSR count). The lowest BCUT2D eigenvalue weighted by Crippen LogP contribution is -2.27. The van der Waals surface area contributed by atoms with Gasteiger partial charge in [0.05, 0.1) is 19.5 Å². The van der Waals surface area contributed by atoms with Gasteiger partial charge in [0.2, 0.25) is 0 Å². The molecule has 314 valence electrons. The second kappa shape index (κ2) is 42.2. The highest BCUT2D eigenvalue weighted by atomic mass is 31.2. The number of allylic oxidation sites excluding steroid dienone is 9. The molecule has 8 nitrogen and oxygen atoms in total. The molecule has 3 N–H and O–H groups in total. The Bertz CT molecular complexity index is 1010. The van der Waals surface area contributed by atoms with Gasteiger partial charge in [0.15, 0.2) is 6.10 Å². The molecule has 0 amide bonds. The van der Waals surface area contributed by atoms with Crippen LogP contribution < -0.4 is 5.73 Å². The van der Waals surface area contributed by atoms with Gasteiger partial charge >= 0.3 is 13.8 Å². The second-order valence-corrected chi connectivity index (χ2v) is 15.7. The van der Waals surface area contributed by atoms with Gasteiger partial charge in [-0.1, -0.05) is 178 Å². The number of hydrogen-bond acceptors (Lipinski definition) is 7. The Morgan fingerprint density at radius 1 is 0.574 bits per heavy atom. The summed E-state index contributed by atoms with van der Waals surface area (Å²) >= 11 is 0. The molecular weight excluding hydrogens is 697 g/mol. The van der Waals surface area contributed by atoms with E-state index in [0.29, 0.717) is 6.42 Å². The predicted octanol–water partition coefficient (Wildman–Crippen LogP) is 13.3. The van der Waals surface area contributed by atoms with Crippen molar-refractivity contribution in [1.82, 2.24) is 0 Å². The third kappa shape index (κ3) is 41.2. The van der Waals surface area contributed by atoms with E-state index in [-0.39, 0.29) is 32.8 Å². The van der Waals surface area contributed by atoms with Crippen molar-refractivity contribution < 1.29 is 32.8 Å². The minimum atomic E-state index is -4.31. The summed E-state index contributed by atoms with van der Waals surface area (Å²) in [5, 5.41) is 0. The molecule has 9 heteroatoms. The summed E-state index contributed by atoms with van der Waals surface area (Å²) in [6.45, 7) is 4.14. The molecule has 0 radical (unpaired) electrons. The van der Waals surface area contributed by atoms with Crippen LogP contribution in [0.2, 0.25) is 0 Å². The van der Waals surface area contributed by atoms with E-state index in [1.54, 1.807) is 6.26 Å². The molecule has 0 saturated heterocycles. The highest BCUT2D eigenvalue weighted by molar-refractivity contribution is 7.47. The molecule has 0 heterocycles. The highest BCUT2D eigenvalue weighted by Gasteiger charge is 2.25. The fourth-order valence-corrected chi connectivity index (χ4v) is 6.56. The highest BCUT2D eigenvalue weighted by Crippen LogP contribution is 2.43. The summed E-state index contributed by atoms with van der Waals surface area (Å²) in [7, 11) is -4.31. The molecule has 2 unspecified atom stereocenters. The zero-order valence-corrected chi connectivity index (χ0v) is 35.6. The molecule has 0 bridgehead atoms. The van der Waals surface area contributed by atoms with Crippen molar-refractivity contribution in [3.63, 3.8) is 0 Å². The van der Waals surface area contributed by atoms with Gasteiger partial charge in [-0.15, -0.1) is 0 Å². The summed E-state index contributed by atoms with van der Waals surface area (Å²) in [5.41, 5.74) is 5.36. The van der Waals surface area contributed by atoms with Crippen molar-refractivity contribution >= 4 is 13.8 Å². The number of unbranched alkanes of at least 4 members (excludes halogenated alkanes) is 20. The third-order valence-corrected chi connectivity index (χ3v) is 10.00. The van der Waals surface area contributed by atoms with Crippen LogP contribution in [0.1, 0.15) is 187 Å². The molecule has 0 aliphatic carbocycles. The van der Waals surface area contributed by atoms with E-state index in [2.05, 4.69) is 50.3 Å². The van der Waals surface area contributed by atoms with Crippen LogP contribution in [0.25, 0.3) is 0 Å². The summed E-state index contributed by atoms with van der Waals surface area (Å²) in [6.07, 6.45) is 52.1. The van der Waals surface area contributed by atoms with E-state index in [0.717, 1.165) is 32.1 Å². The monoisotopic (exact) mass is 780 g/mol. The number of ether oxygens (including phenoxy) is 2. The molecule has 0 fully saturated rings. The molecular formula is C45H82NO7P. The zero-order chi connectivity index (χ0) is 39.5. The Morgan fingerprint density at radius 3 is 1.50 bits per heavy atom. The van der Waals surface area contributed by atoms with E-state index in [1.165, 1.54) is 128 Å². The van der Waals surface area contributed by atoms with Crippen LogP contribution in [0.15, 0.2) is 60.9 Å². The van der Waals surface area contributed by atoms with Gasteiger partial charge in [-0.25, -0.2) is 4.57 Å². The fraction of sp³-hybridized carbons (Fsp3) is 0.756. The summed E-state index contributed by atoms with van der Waals surface area (Å²) < 4.78 is 33.1. The number of phosphoric acid groups is 1. The number of rotatable bonds is 41. The third-order valence-electron chi connectivity index (χ3n) is 9.02. The van der Waals surface area contributed by atoms with Gasteiger partial charge in [-0.05, 0) is 57.4 Å². The Balaban J connectivity index is 4.19. The first-order valence-electron chi connectivity index (χ1n) is 21.8. The molecule has 2 atom stereocenters. The number of esters is 1. The van der Waals surface area contributed by atoms with Crippen LogP contribution in [0.5, 0.6) is 0 Å². The van der Waals surface area contributed by atoms with Gasteiger partial charge in [0, 0.05) is 13.0 Å². The maximum absolute atomic E-state index is 12.5. The largest absolute Gasteiger partial charge is 0.498 e. The first-order chi connectivity index (χ1) is 26.4. The number of phosphoric ester groups is 1. The van der Waals surface area contributed by atoms with Crippen molar-refractivity contribution in [2.45, 2.75) is 193 Å². The number of carbonyl (C=O) groups excluding carboxylic acids is 1. The zero-order valence-electron chi connectivity index (χ0n) is 34.7. The van der Waals surface area contributed by atoms with Crippen LogP contribution in [0, 0.1) is 0 Å². The average molecular weight is 780 g/mol. The smallest absolute Gasteiger partial charge is 0.472 e. The molecule has 0 aliphatic heterocycles. The van der Waals surface area contributed by atoms with Gasteiger partial charge in [0.1, 0.15) is 6.61 Å². The summed E-state index contributed by atoms with van der Waals surface area (Å²) in [6, 6.07) is 0. The van der Waals surface area contributed by atoms with Crippen molar-refractivity contribution in [3.8, 4) is 0 Å². The molecule has 0 aliphatic rings. The van der Waals surface area contributed by atoms with Gasteiger partial charge in [0.25, 0.3) is 0 Å². The van der Waals surface area contributed by atoms with Crippen LogP contribution in [-0.2, 0) is 27.9 Å². The van der Waals surface area contributed by atoms with E-state index in [4.69, 9.17) is 24.3 Å². The maximum Gasteiger partial charge on any atom is 0.472 e. The second-order valence-electron chi connectivity index (χ2n) is 14.3. The molecule has 0 aromatic heterocycles. The lowest BCUT2D eigenvalue weighted by atomic mass is 10.0. The summed E-state index contributed by atoms with van der Waals surface area (Å²) in [4.78, 5) is 22.4. The average Bonchev–Trinajstić information content (AvgIpc) is 3.16. The molecule has 0 spiro atoms. The molecule has 54 heavy (non-hydrogen) atoms. The minimum absolute atomic E-state index is 0.00248. The van der Waals surface area contributed by atoms with Crippen LogP contribution >= 0.6 is 7.82 Å². The van der Waals surface area contributed by atoms with Crippen molar-refractivity contribution in [3.05, 3.63) is 60.9 Å². The fourth-order valence-electron chi connectivity index (χ4n) is 5.79. The normalized spacial score (nSPS) is 14.0. The first kappa shape index (κ1) is 52.0. The lowest BCUT2D eigenvalue weighted by Gasteiger charge is -2.19. The number of carbonyl (C=O) groups is 1. The quantitative estimate of drug-likeness (QED) is 0.0207. The Labute approximate surface area is 332 Å². The molecule has 0 aromatic rings. The van der Waals surface area contributed by atoms with E-state index < -0.39 is 19.9 Å². The lowest BCUT2D eigenvalue weighted by molar-refractivity contribution is -0.153. The van der Waals surface area contributed by atoms with Gasteiger partial charge in [-0.2, -0.15) is 0 Å². The van der Waals surface area contributed by atoms with Crippen LogP contribution in [-0.4, -0.2) is 43.3 Å². The minimum Gasteiger partial charge on any atom is -0.498 e.